The molecule has 0 bridgehead atoms. The Bertz CT molecular complexity index is 766. The maximum absolute atomic E-state index is 12.2. The smallest absolute Gasteiger partial charge is 0.276 e. The van der Waals surface area contributed by atoms with Gasteiger partial charge in [-0.2, -0.15) is 13.5 Å². The van der Waals surface area contributed by atoms with Crippen molar-refractivity contribution >= 4 is 16.2 Å². The van der Waals surface area contributed by atoms with Crippen LogP contribution in [0.1, 0.15) is 16.7 Å². The topological polar surface area (TPSA) is 78.8 Å². The molecule has 0 aliphatic carbocycles. The van der Waals surface area contributed by atoms with E-state index in [1.165, 1.54) is 18.3 Å². The molecule has 0 atom stereocenters. The Morgan fingerprint density at radius 3 is 2.43 bits per heavy atom. The second-order valence-electron chi connectivity index (χ2n) is 4.71. The van der Waals surface area contributed by atoms with Gasteiger partial charge in [-0.1, -0.05) is 12.1 Å². The van der Waals surface area contributed by atoms with Crippen LogP contribution in [0.2, 0.25) is 0 Å². The standard InChI is InChI=1S/C15H16N2O3S/c1-11-3-4-12(2)15(9-11)21(19,20)17-16-10-13-5-7-14(18)8-6-13/h3-10,17-18H,1-2H3/b16-10+. The van der Waals surface area contributed by atoms with Crippen molar-refractivity contribution in [2.45, 2.75) is 18.7 Å². The van der Waals surface area contributed by atoms with Gasteiger partial charge in [-0.05, 0) is 60.9 Å². The summed E-state index contributed by atoms with van der Waals surface area (Å²) >= 11 is 0. The molecule has 0 radical (unpaired) electrons. The van der Waals surface area contributed by atoms with Crippen molar-refractivity contribution in [3.05, 3.63) is 59.2 Å². The first kappa shape index (κ1) is 15.1. The third-order valence-corrected chi connectivity index (χ3v) is 4.28. The lowest BCUT2D eigenvalue weighted by Gasteiger charge is -2.07. The normalized spacial score (nSPS) is 11.7. The number of benzene rings is 2. The van der Waals surface area contributed by atoms with E-state index in [2.05, 4.69) is 9.93 Å². The Labute approximate surface area is 124 Å². The molecule has 21 heavy (non-hydrogen) atoms. The zero-order valence-electron chi connectivity index (χ0n) is 11.7. The highest BCUT2D eigenvalue weighted by atomic mass is 32.2. The lowest BCUT2D eigenvalue weighted by molar-refractivity contribution is 0.475. The van der Waals surface area contributed by atoms with E-state index in [-0.39, 0.29) is 10.6 Å². The van der Waals surface area contributed by atoms with Gasteiger partial charge in [0, 0.05) is 0 Å². The fourth-order valence-corrected chi connectivity index (χ4v) is 2.90. The predicted molar refractivity (Wildman–Crippen MR) is 81.9 cm³/mol. The van der Waals surface area contributed by atoms with Crippen LogP contribution in [-0.2, 0) is 10.0 Å². The summed E-state index contributed by atoms with van der Waals surface area (Å²) in [4.78, 5) is 2.40. The molecule has 0 fully saturated rings. The van der Waals surface area contributed by atoms with Crippen LogP contribution in [0.4, 0.5) is 0 Å². The molecule has 0 amide bonds. The summed E-state index contributed by atoms with van der Waals surface area (Å²) in [5, 5.41) is 12.9. The predicted octanol–water partition coefficient (Wildman–Crippen LogP) is 2.32. The maximum atomic E-state index is 12.2. The lowest BCUT2D eigenvalue weighted by atomic mass is 10.2. The van der Waals surface area contributed by atoms with Crippen LogP contribution >= 0.6 is 0 Å². The van der Waals surface area contributed by atoms with Crippen molar-refractivity contribution in [2.75, 3.05) is 0 Å². The minimum Gasteiger partial charge on any atom is -0.508 e. The second-order valence-corrected chi connectivity index (χ2v) is 6.34. The van der Waals surface area contributed by atoms with Gasteiger partial charge in [0.15, 0.2) is 0 Å². The van der Waals surface area contributed by atoms with Gasteiger partial charge in [-0.3, -0.25) is 0 Å². The van der Waals surface area contributed by atoms with E-state index in [1.54, 1.807) is 31.2 Å². The third-order valence-electron chi connectivity index (χ3n) is 2.91. The SMILES string of the molecule is Cc1ccc(C)c(S(=O)(=O)N/N=C/c2ccc(O)cc2)c1. The average Bonchev–Trinajstić information content (AvgIpc) is 2.43. The number of phenols is 1. The average molecular weight is 304 g/mol. The first-order valence-corrected chi connectivity index (χ1v) is 7.78. The van der Waals surface area contributed by atoms with E-state index >= 15 is 0 Å². The van der Waals surface area contributed by atoms with Gasteiger partial charge >= 0.3 is 0 Å². The highest BCUT2D eigenvalue weighted by Gasteiger charge is 2.15. The molecule has 0 saturated heterocycles. The molecule has 0 spiro atoms. The van der Waals surface area contributed by atoms with Crippen LogP contribution < -0.4 is 4.83 Å². The van der Waals surface area contributed by atoms with Gasteiger partial charge in [0.25, 0.3) is 10.0 Å². The summed E-state index contributed by atoms with van der Waals surface area (Å²) < 4.78 is 24.4. The Balaban J connectivity index is 2.18. The molecule has 2 rings (SSSR count). The summed E-state index contributed by atoms with van der Waals surface area (Å²) in [6, 6.07) is 11.5. The number of sulfonamides is 1. The van der Waals surface area contributed by atoms with Crippen molar-refractivity contribution in [3.63, 3.8) is 0 Å². The van der Waals surface area contributed by atoms with Crippen molar-refractivity contribution < 1.29 is 13.5 Å². The lowest BCUT2D eigenvalue weighted by Crippen LogP contribution is -2.19. The summed E-state index contributed by atoms with van der Waals surface area (Å²) in [5.41, 5.74) is 2.20. The summed E-state index contributed by atoms with van der Waals surface area (Å²) in [7, 11) is -3.69. The number of nitrogens with one attached hydrogen (secondary N) is 1. The van der Waals surface area contributed by atoms with Crippen LogP contribution in [-0.4, -0.2) is 19.7 Å². The van der Waals surface area contributed by atoms with E-state index in [1.807, 2.05) is 13.0 Å². The second kappa shape index (κ2) is 5.97. The molecule has 6 heteroatoms. The highest BCUT2D eigenvalue weighted by Crippen LogP contribution is 2.16. The fraction of sp³-hybridized carbons (Fsp3) is 0.133. The zero-order valence-corrected chi connectivity index (χ0v) is 12.6. The van der Waals surface area contributed by atoms with Gasteiger partial charge in [0.2, 0.25) is 0 Å². The molecular formula is C15H16N2O3S. The van der Waals surface area contributed by atoms with Crippen molar-refractivity contribution in [2.24, 2.45) is 5.10 Å². The van der Waals surface area contributed by atoms with E-state index in [4.69, 9.17) is 5.11 Å². The molecular weight excluding hydrogens is 288 g/mol. The molecule has 0 saturated carbocycles. The first-order chi connectivity index (χ1) is 9.88. The van der Waals surface area contributed by atoms with Gasteiger partial charge < -0.3 is 5.11 Å². The molecule has 0 unspecified atom stereocenters. The molecule has 2 aromatic rings. The van der Waals surface area contributed by atoms with Crippen LogP contribution in [0.15, 0.2) is 52.5 Å². The minimum absolute atomic E-state index is 0.142. The Morgan fingerprint density at radius 2 is 1.76 bits per heavy atom. The molecule has 5 nitrogen and oxygen atoms in total. The number of hydrogen-bond acceptors (Lipinski definition) is 4. The van der Waals surface area contributed by atoms with E-state index in [0.29, 0.717) is 11.1 Å². The van der Waals surface area contributed by atoms with Gasteiger partial charge in [0.05, 0.1) is 11.1 Å². The largest absolute Gasteiger partial charge is 0.508 e. The van der Waals surface area contributed by atoms with Gasteiger partial charge in [0.1, 0.15) is 5.75 Å². The third kappa shape index (κ3) is 3.82. The number of rotatable bonds is 4. The van der Waals surface area contributed by atoms with Crippen LogP contribution in [0.3, 0.4) is 0 Å². The number of aryl methyl sites for hydroxylation is 2. The quantitative estimate of drug-likeness (QED) is 0.672. The molecule has 110 valence electrons. The van der Waals surface area contributed by atoms with Crippen molar-refractivity contribution in [3.8, 4) is 5.75 Å². The number of hydrazone groups is 1. The van der Waals surface area contributed by atoms with E-state index in [9.17, 15) is 8.42 Å². The van der Waals surface area contributed by atoms with E-state index < -0.39 is 10.0 Å². The molecule has 0 aromatic heterocycles. The molecule has 2 N–H and O–H groups in total. The zero-order chi connectivity index (χ0) is 15.5. The molecule has 0 aliphatic rings. The first-order valence-electron chi connectivity index (χ1n) is 6.30. The van der Waals surface area contributed by atoms with Gasteiger partial charge in [-0.25, -0.2) is 4.83 Å². The number of phenolic OH excluding ortho intramolecular Hbond substituents is 1. The number of nitrogens with zero attached hydrogens (tertiary/aromatic N) is 1. The van der Waals surface area contributed by atoms with Crippen molar-refractivity contribution in [1.82, 2.24) is 4.83 Å². The fourth-order valence-electron chi connectivity index (χ4n) is 1.78. The van der Waals surface area contributed by atoms with E-state index in [0.717, 1.165) is 5.56 Å². The van der Waals surface area contributed by atoms with Crippen molar-refractivity contribution in [1.29, 1.82) is 0 Å². The number of aromatic hydroxyl groups is 1. The van der Waals surface area contributed by atoms with Crippen LogP contribution in [0.25, 0.3) is 0 Å². The molecule has 0 aliphatic heterocycles. The Hall–Kier alpha value is -2.34. The monoisotopic (exact) mass is 304 g/mol. The minimum atomic E-state index is -3.69. The molecule has 0 heterocycles. The maximum Gasteiger partial charge on any atom is 0.276 e. The van der Waals surface area contributed by atoms with Gasteiger partial charge in [-0.15, -0.1) is 0 Å². The number of hydrogen-bond donors (Lipinski definition) is 2. The molecule has 2 aromatic carbocycles. The van der Waals surface area contributed by atoms with Crippen LogP contribution in [0, 0.1) is 13.8 Å². The summed E-state index contributed by atoms with van der Waals surface area (Å²) in [6.45, 7) is 3.57. The highest BCUT2D eigenvalue weighted by molar-refractivity contribution is 7.89. The summed E-state index contributed by atoms with van der Waals surface area (Å²) in [6.07, 6.45) is 1.38. The Kier molecular flexibility index (Phi) is 4.28. The Morgan fingerprint density at radius 1 is 1.10 bits per heavy atom. The summed E-state index contributed by atoms with van der Waals surface area (Å²) in [5.74, 6) is 0.142. The van der Waals surface area contributed by atoms with Crippen LogP contribution in [0.5, 0.6) is 5.75 Å².